The van der Waals surface area contributed by atoms with Gasteiger partial charge < -0.3 is 19.5 Å². The van der Waals surface area contributed by atoms with E-state index in [-0.39, 0.29) is 12.5 Å². The van der Waals surface area contributed by atoms with Gasteiger partial charge in [0.1, 0.15) is 12.4 Å². The molecule has 3 aromatic rings. The molecule has 1 amide bonds. The number of rotatable bonds is 10. The third kappa shape index (κ3) is 6.00. The van der Waals surface area contributed by atoms with Gasteiger partial charge in [0.2, 0.25) is 5.82 Å². The molecule has 1 aromatic heterocycles. The molecule has 1 atom stereocenters. The molecule has 2 aromatic carbocycles. The van der Waals surface area contributed by atoms with E-state index in [4.69, 9.17) is 14.2 Å². The summed E-state index contributed by atoms with van der Waals surface area (Å²) in [5.74, 6) is 2.62. The van der Waals surface area contributed by atoms with Crippen LogP contribution in [0.15, 0.2) is 42.5 Å². The first-order valence-electron chi connectivity index (χ1n) is 11.3. The van der Waals surface area contributed by atoms with E-state index in [2.05, 4.69) is 39.8 Å². The lowest BCUT2D eigenvalue weighted by Gasteiger charge is -2.26. The normalized spacial score (nSPS) is 14.8. The van der Waals surface area contributed by atoms with Crippen molar-refractivity contribution in [1.29, 1.82) is 0 Å². The predicted octanol–water partition coefficient (Wildman–Crippen LogP) is 4.56. The van der Waals surface area contributed by atoms with Crippen molar-refractivity contribution in [2.75, 3.05) is 18.5 Å². The summed E-state index contributed by atoms with van der Waals surface area (Å²) in [6.45, 7) is 5.42. The van der Waals surface area contributed by atoms with Crippen LogP contribution in [0, 0.1) is 5.92 Å². The van der Waals surface area contributed by atoms with Crippen molar-refractivity contribution < 1.29 is 19.0 Å². The average molecular weight is 452 g/mol. The number of tetrazole rings is 1. The topological polar surface area (TPSA) is 111 Å². The van der Waals surface area contributed by atoms with Gasteiger partial charge in [0.05, 0.1) is 12.3 Å². The van der Waals surface area contributed by atoms with Gasteiger partial charge in [-0.1, -0.05) is 44.4 Å². The number of ether oxygens (including phenoxy) is 3. The maximum Gasteiger partial charge on any atom is 0.255 e. The average Bonchev–Trinajstić information content (AvgIpc) is 3.36. The summed E-state index contributed by atoms with van der Waals surface area (Å²) in [6, 6.07) is 12.5. The number of aromatic nitrogens is 4. The molecule has 4 rings (SSSR count). The second-order valence-corrected chi connectivity index (χ2v) is 8.39. The molecule has 2 N–H and O–H groups in total. The first-order chi connectivity index (χ1) is 16.1. The van der Waals surface area contributed by atoms with Gasteiger partial charge in [-0.2, -0.15) is 5.21 Å². The Bertz CT molecular complexity index is 1040. The summed E-state index contributed by atoms with van der Waals surface area (Å²) in [6.07, 6.45) is 4.16. The zero-order valence-electron chi connectivity index (χ0n) is 18.9. The number of nitrogens with one attached hydrogen (secondary N) is 2. The molecule has 1 unspecified atom stereocenters. The highest BCUT2D eigenvalue weighted by Gasteiger charge is 2.28. The molecule has 174 valence electrons. The molecule has 0 bridgehead atoms. The molecular formula is C24H29N5O4. The summed E-state index contributed by atoms with van der Waals surface area (Å²) in [5, 5.41) is 16.8. The van der Waals surface area contributed by atoms with Gasteiger partial charge in [0.15, 0.2) is 17.6 Å². The molecule has 2 heterocycles. The van der Waals surface area contributed by atoms with E-state index in [1.165, 1.54) is 19.3 Å². The predicted molar refractivity (Wildman–Crippen MR) is 123 cm³/mol. The highest BCUT2D eigenvalue weighted by atomic mass is 16.6. The Morgan fingerprint density at radius 3 is 2.79 bits per heavy atom. The van der Waals surface area contributed by atoms with Crippen molar-refractivity contribution in [3.8, 4) is 17.2 Å². The molecule has 0 spiro atoms. The maximum atomic E-state index is 12.8. The number of H-pyrrole nitrogens is 1. The lowest BCUT2D eigenvalue weighted by molar-refractivity contribution is 0.0856. The Balaban J connectivity index is 1.33. The van der Waals surface area contributed by atoms with Crippen LogP contribution in [0.1, 0.15) is 61.8 Å². The third-order valence-corrected chi connectivity index (χ3v) is 5.34. The van der Waals surface area contributed by atoms with Gasteiger partial charge in [0, 0.05) is 5.56 Å². The van der Waals surface area contributed by atoms with Gasteiger partial charge in [-0.3, -0.25) is 4.79 Å². The summed E-state index contributed by atoms with van der Waals surface area (Å²) in [4.78, 5) is 12.8. The van der Waals surface area contributed by atoms with E-state index in [0.717, 1.165) is 18.1 Å². The number of fused-ring (bicyclic) bond motifs is 1. The van der Waals surface area contributed by atoms with E-state index in [1.54, 1.807) is 30.3 Å². The minimum atomic E-state index is -0.517. The van der Waals surface area contributed by atoms with Crippen LogP contribution in [0.3, 0.4) is 0 Å². The van der Waals surface area contributed by atoms with Gasteiger partial charge >= 0.3 is 0 Å². The number of anilines is 1. The van der Waals surface area contributed by atoms with Gasteiger partial charge in [0.25, 0.3) is 5.91 Å². The molecule has 0 radical (unpaired) electrons. The number of benzene rings is 2. The summed E-state index contributed by atoms with van der Waals surface area (Å²) >= 11 is 0. The third-order valence-electron chi connectivity index (χ3n) is 5.34. The Morgan fingerprint density at radius 1 is 1.18 bits per heavy atom. The number of hydrogen-bond donors (Lipinski definition) is 2. The molecular weight excluding hydrogens is 422 g/mol. The van der Waals surface area contributed by atoms with Crippen LogP contribution < -0.4 is 19.5 Å². The molecule has 33 heavy (non-hydrogen) atoms. The lowest BCUT2D eigenvalue weighted by atomic mass is 10.1. The quantitative estimate of drug-likeness (QED) is 0.435. The molecule has 0 aliphatic carbocycles. The second kappa shape index (κ2) is 10.8. The number of carbonyl (C=O) groups is 1. The van der Waals surface area contributed by atoms with Crippen LogP contribution in [0.4, 0.5) is 5.69 Å². The Kier molecular flexibility index (Phi) is 7.39. The maximum absolute atomic E-state index is 12.8. The largest absolute Gasteiger partial charge is 0.494 e. The van der Waals surface area contributed by atoms with E-state index < -0.39 is 6.10 Å². The number of amides is 1. The number of aromatic amines is 1. The number of carbonyl (C=O) groups excluding carboxylic acids is 1. The van der Waals surface area contributed by atoms with Crippen LogP contribution in [0.25, 0.3) is 0 Å². The van der Waals surface area contributed by atoms with Crippen LogP contribution >= 0.6 is 0 Å². The summed E-state index contributed by atoms with van der Waals surface area (Å²) in [7, 11) is 0. The smallest absolute Gasteiger partial charge is 0.255 e. The minimum absolute atomic E-state index is 0.253. The molecule has 1 aliphatic heterocycles. The summed E-state index contributed by atoms with van der Waals surface area (Å²) < 4.78 is 17.6. The number of nitrogens with zero attached hydrogens (tertiary/aromatic N) is 3. The Labute approximate surface area is 192 Å². The van der Waals surface area contributed by atoms with Crippen molar-refractivity contribution in [2.45, 2.75) is 45.6 Å². The van der Waals surface area contributed by atoms with E-state index >= 15 is 0 Å². The van der Waals surface area contributed by atoms with E-state index in [9.17, 15) is 4.79 Å². The molecule has 9 nitrogen and oxygen atoms in total. The number of unbranched alkanes of at least 4 members (excludes halogenated alkanes) is 2. The number of para-hydroxylation sites is 1. The van der Waals surface area contributed by atoms with Crippen LogP contribution in [-0.2, 0) is 0 Å². The highest BCUT2D eigenvalue weighted by molar-refractivity contribution is 6.05. The molecule has 9 heteroatoms. The van der Waals surface area contributed by atoms with Gasteiger partial charge in [-0.25, -0.2) is 0 Å². The fraction of sp³-hybridized carbons (Fsp3) is 0.417. The fourth-order valence-electron chi connectivity index (χ4n) is 3.54. The monoisotopic (exact) mass is 451 g/mol. The Hall–Kier alpha value is -3.62. The lowest BCUT2D eigenvalue weighted by Crippen LogP contribution is -2.24. The molecule has 0 saturated carbocycles. The van der Waals surface area contributed by atoms with Gasteiger partial charge in [-0.15, -0.1) is 10.2 Å². The zero-order chi connectivity index (χ0) is 23.0. The molecule has 0 fully saturated rings. The van der Waals surface area contributed by atoms with Crippen LogP contribution in [0.2, 0.25) is 0 Å². The second-order valence-electron chi connectivity index (χ2n) is 8.39. The molecule has 0 saturated heterocycles. The first-order valence-corrected chi connectivity index (χ1v) is 11.3. The SMILES string of the molecule is CC(C)CCCCCOc1ccc(C(=O)Nc2cccc3c2OC(c2nn[nH]n2)CO3)cc1. The minimum Gasteiger partial charge on any atom is -0.494 e. The standard InChI is InChI=1S/C24H29N5O4/c1-16(2)7-4-3-5-14-31-18-12-10-17(11-13-18)24(30)25-19-8-6-9-20-22(19)33-21(15-32-20)23-26-28-29-27-23/h6,8-13,16,21H,3-5,7,14-15H2,1-2H3,(H,25,30)(H,26,27,28,29). The van der Waals surface area contributed by atoms with E-state index in [1.807, 2.05) is 12.1 Å². The highest BCUT2D eigenvalue weighted by Crippen LogP contribution is 2.41. The van der Waals surface area contributed by atoms with Gasteiger partial charge in [-0.05, 0) is 48.7 Å². The summed E-state index contributed by atoms with van der Waals surface area (Å²) in [5.41, 5.74) is 1.02. The van der Waals surface area contributed by atoms with E-state index in [0.29, 0.717) is 35.2 Å². The van der Waals surface area contributed by atoms with Crippen molar-refractivity contribution >= 4 is 11.6 Å². The molecule has 1 aliphatic rings. The van der Waals surface area contributed by atoms with Crippen LogP contribution in [-0.4, -0.2) is 39.7 Å². The van der Waals surface area contributed by atoms with Crippen molar-refractivity contribution in [3.63, 3.8) is 0 Å². The number of hydrogen-bond acceptors (Lipinski definition) is 7. The fourth-order valence-corrected chi connectivity index (χ4v) is 3.54. The first kappa shape index (κ1) is 22.6. The van der Waals surface area contributed by atoms with Crippen molar-refractivity contribution in [3.05, 3.63) is 53.9 Å². The van der Waals surface area contributed by atoms with Crippen molar-refractivity contribution in [2.24, 2.45) is 5.92 Å². The zero-order valence-corrected chi connectivity index (χ0v) is 18.9. The van der Waals surface area contributed by atoms with Crippen molar-refractivity contribution in [1.82, 2.24) is 20.6 Å². The van der Waals surface area contributed by atoms with Crippen LogP contribution in [0.5, 0.6) is 17.2 Å². The Morgan fingerprint density at radius 2 is 2.03 bits per heavy atom.